The standard InChI is InChI=1S/C6H11NO.H2O/c1-3-5-6(4-2)7-8;/h4,8H,2-3,5H2,1H3;1H2. The summed E-state index contributed by atoms with van der Waals surface area (Å²) in [5, 5.41) is 11.2. The normalized spacial score (nSPS) is 10.1. The second kappa shape index (κ2) is 7.17. The van der Waals surface area contributed by atoms with Gasteiger partial charge in [-0.3, -0.25) is 0 Å². The summed E-state index contributed by atoms with van der Waals surface area (Å²) in [5.41, 5.74) is 0.660. The molecule has 0 rings (SSSR count). The van der Waals surface area contributed by atoms with E-state index in [1.54, 1.807) is 6.08 Å². The number of rotatable bonds is 3. The monoisotopic (exact) mass is 131 g/mol. The van der Waals surface area contributed by atoms with E-state index in [9.17, 15) is 0 Å². The highest BCUT2D eigenvalue weighted by atomic mass is 16.4. The molecule has 0 bridgehead atoms. The molecule has 0 heterocycles. The van der Waals surface area contributed by atoms with Gasteiger partial charge in [-0.15, -0.1) is 0 Å². The predicted octanol–water partition coefficient (Wildman–Crippen LogP) is 0.978. The van der Waals surface area contributed by atoms with Gasteiger partial charge in [0.2, 0.25) is 0 Å². The van der Waals surface area contributed by atoms with Gasteiger partial charge in [-0.1, -0.05) is 25.1 Å². The highest BCUT2D eigenvalue weighted by Gasteiger charge is 1.87. The van der Waals surface area contributed by atoms with Gasteiger partial charge in [-0.2, -0.15) is 0 Å². The van der Waals surface area contributed by atoms with E-state index in [0.29, 0.717) is 5.71 Å². The third-order valence-electron chi connectivity index (χ3n) is 0.870. The van der Waals surface area contributed by atoms with Crippen LogP contribution in [-0.2, 0) is 0 Å². The Labute approximate surface area is 55.0 Å². The van der Waals surface area contributed by atoms with Gasteiger partial charge in [0.05, 0.1) is 5.71 Å². The van der Waals surface area contributed by atoms with Crippen LogP contribution in [0.25, 0.3) is 0 Å². The van der Waals surface area contributed by atoms with Gasteiger partial charge in [-0.25, -0.2) is 0 Å². The van der Waals surface area contributed by atoms with Gasteiger partial charge in [0.15, 0.2) is 0 Å². The number of oxime groups is 1. The largest absolute Gasteiger partial charge is 0.412 e. The molecule has 9 heavy (non-hydrogen) atoms. The van der Waals surface area contributed by atoms with E-state index < -0.39 is 0 Å². The maximum absolute atomic E-state index is 8.17. The minimum Gasteiger partial charge on any atom is -0.412 e. The summed E-state index contributed by atoms with van der Waals surface area (Å²) >= 11 is 0. The molecule has 0 aromatic heterocycles. The van der Waals surface area contributed by atoms with E-state index in [1.165, 1.54) is 0 Å². The third kappa shape index (κ3) is 5.03. The minimum atomic E-state index is 0. The van der Waals surface area contributed by atoms with Crippen molar-refractivity contribution in [1.82, 2.24) is 0 Å². The molecular formula is C6H13NO2. The summed E-state index contributed by atoms with van der Waals surface area (Å²) in [6.45, 7) is 5.48. The van der Waals surface area contributed by atoms with Gasteiger partial charge < -0.3 is 10.7 Å². The molecule has 0 saturated carbocycles. The SMILES string of the molecule is C=CC(CCC)=NO.O. The summed E-state index contributed by atoms with van der Waals surface area (Å²) < 4.78 is 0. The second-order valence-corrected chi connectivity index (χ2v) is 1.55. The van der Waals surface area contributed by atoms with Crippen LogP contribution < -0.4 is 0 Å². The number of hydrogen-bond acceptors (Lipinski definition) is 2. The van der Waals surface area contributed by atoms with Crippen molar-refractivity contribution in [3.05, 3.63) is 12.7 Å². The van der Waals surface area contributed by atoms with Crippen molar-refractivity contribution in [3.8, 4) is 0 Å². The van der Waals surface area contributed by atoms with E-state index in [0.717, 1.165) is 12.8 Å². The molecule has 0 unspecified atom stereocenters. The molecule has 0 aromatic rings. The molecule has 0 amide bonds. The van der Waals surface area contributed by atoms with Crippen LogP contribution in [0.2, 0.25) is 0 Å². The molecule has 0 spiro atoms. The lowest BCUT2D eigenvalue weighted by Gasteiger charge is -1.89. The maximum Gasteiger partial charge on any atom is 0.0789 e. The Morgan fingerprint density at radius 1 is 1.78 bits per heavy atom. The van der Waals surface area contributed by atoms with Crippen LogP contribution in [-0.4, -0.2) is 16.4 Å². The summed E-state index contributed by atoms with van der Waals surface area (Å²) in [6, 6.07) is 0. The molecule has 0 aliphatic heterocycles. The lowest BCUT2D eigenvalue weighted by molar-refractivity contribution is 0.318. The molecular weight excluding hydrogens is 118 g/mol. The molecule has 0 saturated heterocycles. The fourth-order valence-electron chi connectivity index (χ4n) is 0.449. The molecule has 0 aliphatic carbocycles. The van der Waals surface area contributed by atoms with Crippen molar-refractivity contribution in [2.75, 3.05) is 0 Å². The molecule has 3 nitrogen and oxygen atoms in total. The van der Waals surface area contributed by atoms with Crippen LogP contribution in [0.4, 0.5) is 0 Å². The Morgan fingerprint density at radius 2 is 2.33 bits per heavy atom. The first-order valence-corrected chi connectivity index (χ1v) is 2.68. The zero-order chi connectivity index (χ0) is 6.41. The highest BCUT2D eigenvalue weighted by Crippen LogP contribution is 1.90. The molecule has 0 aliphatic rings. The van der Waals surface area contributed by atoms with Crippen LogP contribution in [0.3, 0.4) is 0 Å². The number of allylic oxidation sites excluding steroid dienone is 1. The molecule has 3 N–H and O–H groups in total. The average Bonchev–Trinajstić information content (AvgIpc) is 1.83. The van der Waals surface area contributed by atoms with Crippen molar-refractivity contribution >= 4 is 5.71 Å². The molecule has 0 atom stereocenters. The molecule has 0 radical (unpaired) electrons. The van der Waals surface area contributed by atoms with E-state index in [2.05, 4.69) is 11.7 Å². The van der Waals surface area contributed by atoms with Crippen molar-refractivity contribution in [1.29, 1.82) is 0 Å². The van der Waals surface area contributed by atoms with Crippen LogP contribution in [0.15, 0.2) is 17.8 Å². The summed E-state index contributed by atoms with van der Waals surface area (Å²) in [4.78, 5) is 0. The number of hydrogen-bond donors (Lipinski definition) is 1. The summed E-state index contributed by atoms with van der Waals surface area (Å²) in [7, 11) is 0. The summed E-state index contributed by atoms with van der Waals surface area (Å²) in [6.07, 6.45) is 3.36. The maximum atomic E-state index is 8.17. The first-order chi connectivity index (χ1) is 3.85. The van der Waals surface area contributed by atoms with Crippen molar-refractivity contribution in [2.24, 2.45) is 5.16 Å². The highest BCUT2D eigenvalue weighted by molar-refractivity contribution is 5.93. The smallest absolute Gasteiger partial charge is 0.0789 e. The van der Waals surface area contributed by atoms with Crippen LogP contribution in [0.1, 0.15) is 19.8 Å². The van der Waals surface area contributed by atoms with Crippen molar-refractivity contribution < 1.29 is 10.7 Å². The van der Waals surface area contributed by atoms with Crippen LogP contribution in [0, 0.1) is 0 Å². The van der Waals surface area contributed by atoms with E-state index >= 15 is 0 Å². The topological polar surface area (TPSA) is 64.1 Å². The summed E-state index contributed by atoms with van der Waals surface area (Å²) in [5.74, 6) is 0. The zero-order valence-corrected chi connectivity index (χ0v) is 5.59. The first-order valence-electron chi connectivity index (χ1n) is 2.68. The Morgan fingerprint density at radius 3 is 2.44 bits per heavy atom. The number of nitrogens with zero attached hydrogens (tertiary/aromatic N) is 1. The first kappa shape index (κ1) is 11.0. The quantitative estimate of drug-likeness (QED) is 0.346. The molecule has 0 fully saturated rings. The van der Waals surface area contributed by atoms with E-state index in [1.807, 2.05) is 6.92 Å². The Balaban J connectivity index is 0. The lowest BCUT2D eigenvalue weighted by Crippen LogP contribution is -1.89. The molecule has 3 heteroatoms. The predicted molar refractivity (Wildman–Crippen MR) is 37.9 cm³/mol. The average molecular weight is 131 g/mol. The molecule has 0 aromatic carbocycles. The van der Waals surface area contributed by atoms with Crippen LogP contribution >= 0.6 is 0 Å². The Kier molecular flexibility index (Phi) is 8.79. The third-order valence-corrected chi connectivity index (χ3v) is 0.870. The lowest BCUT2D eigenvalue weighted by atomic mass is 10.2. The van der Waals surface area contributed by atoms with Crippen LogP contribution in [0.5, 0.6) is 0 Å². The van der Waals surface area contributed by atoms with Gasteiger partial charge in [0, 0.05) is 0 Å². The van der Waals surface area contributed by atoms with Crippen molar-refractivity contribution in [3.63, 3.8) is 0 Å². The zero-order valence-electron chi connectivity index (χ0n) is 5.59. The molecule has 54 valence electrons. The minimum absolute atomic E-state index is 0. The van der Waals surface area contributed by atoms with E-state index in [-0.39, 0.29) is 5.48 Å². The van der Waals surface area contributed by atoms with Gasteiger partial charge in [-0.05, 0) is 12.5 Å². The second-order valence-electron chi connectivity index (χ2n) is 1.55. The van der Waals surface area contributed by atoms with Gasteiger partial charge in [0.1, 0.15) is 0 Å². The fraction of sp³-hybridized carbons (Fsp3) is 0.500. The van der Waals surface area contributed by atoms with Gasteiger partial charge in [0.25, 0.3) is 0 Å². The Hall–Kier alpha value is -0.830. The van der Waals surface area contributed by atoms with Crippen molar-refractivity contribution in [2.45, 2.75) is 19.8 Å². The van der Waals surface area contributed by atoms with Gasteiger partial charge >= 0.3 is 0 Å². The Bertz CT molecular complexity index is 99.2. The van der Waals surface area contributed by atoms with E-state index in [4.69, 9.17) is 5.21 Å². The fourth-order valence-corrected chi connectivity index (χ4v) is 0.449.